The van der Waals surface area contributed by atoms with Crippen molar-refractivity contribution in [3.05, 3.63) is 88.2 Å². The molecule has 48 heavy (non-hydrogen) atoms. The van der Waals surface area contributed by atoms with Gasteiger partial charge < -0.3 is 24.9 Å². The number of halogens is 3. The Balaban J connectivity index is 1.82. The molecule has 2 atom stereocenters. The van der Waals surface area contributed by atoms with Crippen LogP contribution >= 0.6 is 0 Å². The van der Waals surface area contributed by atoms with Crippen molar-refractivity contribution in [1.82, 2.24) is 14.5 Å². The highest BCUT2D eigenvalue weighted by atomic mass is 19.1. The third-order valence-electron chi connectivity index (χ3n) is 9.10. The summed E-state index contributed by atoms with van der Waals surface area (Å²) < 4.78 is 49.8. The number of carbonyl (C=O) groups is 2. The second-order valence-corrected chi connectivity index (χ2v) is 12.4. The number of amides is 2. The number of hydrogen-bond donors (Lipinski definition) is 2. The number of fused-ring (bicyclic) bond motifs is 5. The Morgan fingerprint density at radius 3 is 2.46 bits per heavy atom. The maximum absolute atomic E-state index is 17.3. The lowest BCUT2D eigenvalue weighted by Gasteiger charge is -2.50. The van der Waals surface area contributed by atoms with E-state index in [2.05, 4.69) is 11.6 Å². The molecule has 0 saturated carbocycles. The van der Waals surface area contributed by atoms with Gasteiger partial charge in [-0.05, 0) is 55.7 Å². The maximum Gasteiger partial charge on any atom is 0.281 e. The molecule has 250 valence electrons. The van der Waals surface area contributed by atoms with Gasteiger partial charge in [0.1, 0.15) is 29.1 Å². The molecule has 0 spiro atoms. The van der Waals surface area contributed by atoms with Crippen LogP contribution in [0.1, 0.15) is 37.9 Å². The minimum atomic E-state index is -1.32. The monoisotopic (exact) mass is 661 g/mol. The smallest absolute Gasteiger partial charge is 0.281 e. The molecule has 2 aromatic heterocycles. The van der Waals surface area contributed by atoms with Crippen molar-refractivity contribution in [2.75, 3.05) is 36.0 Å². The van der Waals surface area contributed by atoms with Gasteiger partial charge in [0, 0.05) is 30.7 Å². The van der Waals surface area contributed by atoms with Crippen LogP contribution in [0.25, 0.3) is 27.7 Å². The number of carbonyl (C=O) groups excluding carboxylic acids is 2. The number of phenols is 1. The van der Waals surface area contributed by atoms with E-state index in [0.717, 1.165) is 33.7 Å². The van der Waals surface area contributed by atoms with Gasteiger partial charge in [-0.3, -0.25) is 23.9 Å². The van der Waals surface area contributed by atoms with Gasteiger partial charge >= 0.3 is 0 Å². The highest BCUT2D eigenvalue weighted by molar-refractivity contribution is 6.13. The van der Waals surface area contributed by atoms with E-state index >= 15 is 13.2 Å². The summed E-state index contributed by atoms with van der Waals surface area (Å²) in [6.07, 6.45) is 2.66. The van der Waals surface area contributed by atoms with Gasteiger partial charge in [0.05, 0.1) is 46.9 Å². The number of anilines is 2. The third-order valence-corrected chi connectivity index (χ3v) is 9.10. The number of benzene rings is 2. The van der Waals surface area contributed by atoms with Gasteiger partial charge in [0.25, 0.3) is 11.5 Å². The van der Waals surface area contributed by atoms with Crippen molar-refractivity contribution in [1.29, 1.82) is 0 Å². The number of aliphatic hydroxyl groups excluding tert-OH is 1. The molecule has 1 fully saturated rings. The summed E-state index contributed by atoms with van der Waals surface area (Å²) in [4.78, 5) is 50.4. The highest BCUT2D eigenvalue weighted by Crippen LogP contribution is 2.46. The summed E-state index contributed by atoms with van der Waals surface area (Å²) in [6.45, 7) is 9.65. The lowest BCUT2D eigenvalue weighted by molar-refractivity contribution is -0.130. The Hall–Kier alpha value is -5.17. The molecule has 0 aliphatic carbocycles. The zero-order valence-corrected chi connectivity index (χ0v) is 26.8. The van der Waals surface area contributed by atoms with E-state index in [9.17, 15) is 24.6 Å². The molecule has 10 nitrogen and oxygen atoms in total. The van der Waals surface area contributed by atoms with Crippen molar-refractivity contribution in [2.24, 2.45) is 0 Å². The molecule has 13 heteroatoms. The van der Waals surface area contributed by atoms with Gasteiger partial charge in [0.2, 0.25) is 5.91 Å². The second kappa shape index (κ2) is 12.1. The number of aromatic hydroxyl groups is 1. The van der Waals surface area contributed by atoms with Crippen LogP contribution in [0.3, 0.4) is 0 Å². The van der Waals surface area contributed by atoms with Gasteiger partial charge in [-0.25, -0.2) is 13.2 Å². The van der Waals surface area contributed by atoms with Crippen molar-refractivity contribution in [3.8, 4) is 22.6 Å². The van der Waals surface area contributed by atoms with E-state index in [1.54, 1.807) is 24.8 Å². The van der Waals surface area contributed by atoms with Crippen molar-refractivity contribution < 1.29 is 33.0 Å². The minimum absolute atomic E-state index is 0.0107. The predicted octanol–water partition coefficient (Wildman–Crippen LogP) is 4.54. The van der Waals surface area contributed by atoms with Crippen molar-refractivity contribution >= 4 is 34.1 Å². The Labute approximate surface area is 273 Å². The summed E-state index contributed by atoms with van der Waals surface area (Å²) in [6, 6.07) is 4.24. The molecule has 0 bridgehead atoms. The largest absolute Gasteiger partial charge is 0.507 e. The summed E-state index contributed by atoms with van der Waals surface area (Å²) >= 11 is 0. The van der Waals surface area contributed by atoms with E-state index in [1.165, 1.54) is 17.2 Å². The van der Waals surface area contributed by atoms with E-state index < -0.39 is 75.9 Å². The summed E-state index contributed by atoms with van der Waals surface area (Å²) in [5, 5.41) is 20.5. The number of hydrogen-bond acceptors (Lipinski definition) is 7. The minimum Gasteiger partial charge on any atom is -0.507 e. The fourth-order valence-electron chi connectivity index (χ4n) is 6.94. The normalized spacial score (nSPS) is 17.6. The number of rotatable bonds is 6. The topological polar surface area (TPSA) is 119 Å². The number of phenolic OH excluding ortho intramolecular Hbond substituents is 1. The first kappa shape index (κ1) is 32.8. The second-order valence-electron chi connectivity index (χ2n) is 12.4. The van der Waals surface area contributed by atoms with E-state index in [1.807, 2.05) is 13.8 Å². The summed E-state index contributed by atoms with van der Waals surface area (Å²) in [7, 11) is 0. The van der Waals surface area contributed by atoms with Crippen LogP contribution in [0.15, 0.2) is 54.0 Å². The van der Waals surface area contributed by atoms with Crippen LogP contribution in [0.4, 0.5) is 24.5 Å². The Morgan fingerprint density at radius 2 is 1.81 bits per heavy atom. The van der Waals surface area contributed by atoms with Gasteiger partial charge in [-0.1, -0.05) is 26.5 Å². The number of nitrogens with zero attached hydrogens (tertiary/aromatic N) is 5. The molecular weight excluding hydrogens is 627 g/mol. The van der Waals surface area contributed by atoms with Crippen LogP contribution in [-0.2, 0) is 9.59 Å². The number of β-amino-alcohol motifs (C(OH)–C–C–N with tert-alkyl or cyclic N) is 1. The first-order valence-electron chi connectivity index (χ1n) is 15.5. The number of aromatic nitrogens is 2. The molecule has 2 aromatic carbocycles. The van der Waals surface area contributed by atoms with Crippen LogP contribution < -0.4 is 15.4 Å². The van der Waals surface area contributed by atoms with Crippen LogP contribution in [0.5, 0.6) is 5.75 Å². The first-order valence-corrected chi connectivity index (χ1v) is 15.5. The lowest BCUT2D eigenvalue weighted by atomic mass is 9.94. The Bertz CT molecular complexity index is 2060. The lowest BCUT2D eigenvalue weighted by Crippen LogP contribution is -2.67. The third kappa shape index (κ3) is 4.83. The molecule has 2 aliphatic rings. The predicted molar refractivity (Wildman–Crippen MR) is 175 cm³/mol. The zero-order chi connectivity index (χ0) is 34.8. The maximum atomic E-state index is 17.3. The molecule has 4 aromatic rings. The van der Waals surface area contributed by atoms with Crippen LogP contribution in [0, 0.1) is 24.4 Å². The molecule has 1 saturated heterocycles. The Kier molecular flexibility index (Phi) is 8.28. The van der Waals surface area contributed by atoms with Gasteiger partial charge in [0.15, 0.2) is 5.82 Å². The van der Waals surface area contributed by atoms with Crippen molar-refractivity contribution in [3.63, 3.8) is 0 Å². The average molecular weight is 662 g/mol. The highest BCUT2D eigenvalue weighted by Gasteiger charge is 2.47. The molecule has 0 radical (unpaired) electrons. The number of pyridine rings is 2. The molecule has 2 amide bonds. The number of piperazine rings is 1. The number of aliphatic hydroxyl groups is 1. The van der Waals surface area contributed by atoms with Crippen LogP contribution in [0.2, 0.25) is 0 Å². The fraction of sp³-hybridized carbons (Fsp3) is 0.314. The van der Waals surface area contributed by atoms with Gasteiger partial charge in [-0.2, -0.15) is 0 Å². The van der Waals surface area contributed by atoms with E-state index in [4.69, 9.17) is 0 Å². The summed E-state index contributed by atoms with van der Waals surface area (Å²) in [5.74, 6) is -5.64. The molecular formula is C35H34F3N5O5. The zero-order valence-electron chi connectivity index (χ0n) is 26.8. The molecule has 2 N–H and O–H groups in total. The molecule has 6 rings (SSSR count). The van der Waals surface area contributed by atoms with E-state index in [0.29, 0.717) is 11.3 Å². The van der Waals surface area contributed by atoms with Crippen molar-refractivity contribution in [2.45, 2.75) is 45.7 Å². The molecule has 2 unspecified atom stereocenters. The fourth-order valence-corrected chi connectivity index (χ4v) is 6.94. The average Bonchev–Trinajstić information content (AvgIpc) is 3.04. The summed E-state index contributed by atoms with van der Waals surface area (Å²) in [5.41, 5.74) is -1.99. The molecule has 2 aliphatic heterocycles. The SMILES string of the molecule is C=CC(=O)N1CC2C(=O)N(CCO)c3c(c4cc(F)c(-c5c(O)cccc5F)c(F)c4n(-c4c(C)ccnc4C(C)C)c3=O)N2CC1C. The van der Waals surface area contributed by atoms with Crippen LogP contribution in [-0.4, -0.2) is 74.8 Å². The van der Waals surface area contributed by atoms with E-state index in [-0.39, 0.29) is 48.0 Å². The molecule has 4 heterocycles. The van der Waals surface area contributed by atoms with Gasteiger partial charge in [-0.15, -0.1) is 0 Å². The quantitative estimate of drug-likeness (QED) is 0.292. The number of aryl methyl sites for hydroxylation is 1. The first-order chi connectivity index (χ1) is 22.8. The Morgan fingerprint density at radius 1 is 1.08 bits per heavy atom. The standard InChI is InChI=1S/C35H34F3N5O5/c1-6-25(46)41-16-23-34(47)40(12-13-44)33-32(42(23)15-19(41)5)20-14-22(37)27(26-21(36)8-7-9-24(26)45)28(38)31(20)43(35(33)48)30-18(4)10-11-39-29(30)17(2)3/h6-11,14,17,19,23,44-45H,1,12-13,15-16H2,2-5H3.